The highest BCUT2D eigenvalue weighted by molar-refractivity contribution is 8.00. The number of amides is 2. The van der Waals surface area contributed by atoms with Crippen LogP contribution in [0.1, 0.15) is 35.6 Å². The summed E-state index contributed by atoms with van der Waals surface area (Å²) in [6.07, 6.45) is 3.90. The van der Waals surface area contributed by atoms with E-state index in [4.69, 9.17) is 4.74 Å². The second kappa shape index (κ2) is 10.9. The minimum absolute atomic E-state index is 0.0114. The molecule has 2 N–H and O–H groups in total. The summed E-state index contributed by atoms with van der Waals surface area (Å²) < 4.78 is 5.14. The lowest BCUT2D eigenvalue weighted by Gasteiger charge is -2.26. The summed E-state index contributed by atoms with van der Waals surface area (Å²) in [4.78, 5) is 24.3. The van der Waals surface area contributed by atoms with E-state index in [9.17, 15) is 9.59 Å². The van der Waals surface area contributed by atoms with Crippen LogP contribution in [-0.2, 0) is 22.4 Å². The third-order valence-electron chi connectivity index (χ3n) is 5.07. The number of thioether (sulfide) groups is 1. The van der Waals surface area contributed by atoms with Crippen LogP contribution in [0.5, 0.6) is 5.75 Å². The SMILES string of the molecule is COc1ccc(CCNC(=O)CSCC(=O)N[C@H]2CCCc3ccccc32)cc1. The van der Waals surface area contributed by atoms with Gasteiger partial charge in [0.1, 0.15) is 5.75 Å². The molecule has 0 spiro atoms. The molecule has 1 aliphatic carbocycles. The predicted octanol–water partition coefficient (Wildman–Crippen LogP) is 3.28. The van der Waals surface area contributed by atoms with Gasteiger partial charge >= 0.3 is 0 Å². The molecule has 1 atom stereocenters. The van der Waals surface area contributed by atoms with Gasteiger partial charge in [-0.1, -0.05) is 36.4 Å². The lowest BCUT2D eigenvalue weighted by atomic mass is 9.88. The molecule has 154 valence electrons. The normalized spacial score (nSPS) is 15.3. The van der Waals surface area contributed by atoms with Crippen molar-refractivity contribution in [1.82, 2.24) is 10.6 Å². The zero-order valence-electron chi connectivity index (χ0n) is 16.8. The Bertz CT molecular complexity index is 823. The molecule has 0 aliphatic heterocycles. The summed E-state index contributed by atoms with van der Waals surface area (Å²) in [6, 6.07) is 16.2. The Balaban J connectivity index is 1.32. The number of carbonyl (C=O) groups is 2. The van der Waals surface area contributed by atoms with Gasteiger partial charge in [-0.25, -0.2) is 0 Å². The minimum Gasteiger partial charge on any atom is -0.497 e. The highest BCUT2D eigenvalue weighted by Crippen LogP contribution is 2.29. The van der Waals surface area contributed by atoms with Crippen molar-refractivity contribution < 1.29 is 14.3 Å². The number of benzene rings is 2. The maximum absolute atomic E-state index is 12.3. The Morgan fingerprint density at radius 3 is 2.62 bits per heavy atom. The molecular formula is C23H28N2O3S. The summed E-state index contributed by atoms with van der Waals surface area (Å²) in [7, 11) is 1.64. The summed E-state index contributed by atoms with van der Waals surface area (Å²) in [5.74, 6) is 1.35. The molecule has 2 amide bonds. The van der Waals surface area contributed by atoms with Gasteiger partial charge in [-0.05, 0) is 54.5 Å². The van der Waals surface area contributed by atoms with E-state index in [2.05, 4.69) is 22.8 Å². The molecule has 0 bridgehead atoms. The first-order valence-electron chi connectivity index (χ1n) is 10.0. The number of aryl methyl sites for hydroxylation is 1. The second-order valence-corrected chi connectivity index (χ2v) is 8.14. The molecule has 3 rings (SSSR count). The number of ether oxygens (including phenoxy) is 1. The summed E-state index contributed by atoms with van der Waals surface area (Å²) in [5.41, 5.74) is 3.70. The number of hydrogen-bond donors (Lipinski definition) is 2. The van der Waals surface area contributed by atoms with Gasteiger partial charge in [-0.2, -0.15) is 0 Å². The van der Waals surface area contributed by atoms with E-state index in [0.717, 1.165) is 37.0 Å². The first-order chi connectivity index (χ1) is 14.2. The first-order valence-corrected chi connectivity index (χ1v) is 11.2. The Labute approximate surface area is 176 Å². The predicted molar refractivity (Wildman–Crippen MR) is 117 cm³/mol. The van der Waals surface area contributed by atoms with E-state index in [-0.39, 0.29) is 23.6 Å². The Morgan fingerprint density at radius 1 is 1.07 bits per heavy atom. The topological polar surface area (TPSA) is 67.4 Å². The summed E-state index contributed by atoms with van der Waals surface area (Å²) in [6.45, 7) is 0.580. The number of carbonyl (C=O) groups excluding carboxylic acids is 2. The average Bonchev–Trinajstić information content (AvgIpc) is 2.74. The molecule has 0 aromatic heterocycles. The minimum atomic E-state index is -0.0423. The van der Waals surface area contributed by atoms with Crippen molar-refractivity contribution in [3.8, 4) is 5.75 Å². The standard InChI is InChI=1S/C23H28N2O3S/c1-28-19-11-9-17(10-12-19)13-14-24-22(26)15-29-16-23(27)25-21-8-4-6-18-5-2-3-7-20(18)21/h2-3,5,7,9-12,21H,4,6,8,13-16H2,1H3,(H,24,26)(H,25,27)/t21-/m0/s1. The molecule has 0 heterocycles. The molecule has 29 heavy (non-hydrogen) atoms. The quantitative estimate of drug-likeness (QED) is 0.663. The molecule has 0 fully saturated rings. The molecule has 0 radical (unpaired) electrons. The monoisotopic (exact) mass is 412 g/mol. The molecule has 0 saturated heterocycles. The van der Waals surface area contributed by atoms with Crippen LogP contribution in [0.25, 0.3) is 0 Å². The number of rotatable bonds is 9. The van der Waals surface area contributed by atoms with Crippen molar-refractivity contribution in [2.24, 2.45) is 0 Å². The van der Waals surface area contributed by atoms with E-state index in [1.807, 2.05) is 36.4 Å². The second-order valence-electron chi connectivity index (χ2n) is 7.15. The molecule has 1 aliphatic rings. The van der Waals surface area contributed by atoms with E-state index in [1.54, 1.807) is 7.11 Å². The Hall–Kier alpha value is -2.47. The van der Waals surface area contributed by atoms with E-state index < -0.39 is 0 Å². The number of nitrogens with one attached hydrogen (secondary N) is 2. The third-order valence-corrected chi connectivity index (χ3v) is 6.00. The van der Waals surface area contributed by atoms with Crippen LogP contribution in [0.3, 0.4) is 0 Å². The van der Waals surface area contributed by atoms with Crippen molar-refractivity contribution in [2.75, 3.05) is 25.2 Å². The van der Waals surface area contributed by atoms with Crippen molar-refractivity contribution >= 4 is 23.6 Å². The van der Waals surface area contributed by atoms with Gasteiger partial charge in [0, 0.05) is 6.54 Å². The molecule has 6 heteroatoms. The van der Waals surface area contributed by atoms with Crippen LogP contribution in [0.2, 0.25) is 0 Å². The maximum atomic E-state index is 12.3. The van der Waals surface area contributed by atoms with Crippen LogP contribution in [0.4, 0.5) is 0 Å². The van der Waals surface area contributed by atoms with Crippen molar-refractivity contribution in [2.45, 2.75) is 31.7 Å². The average molecular weight is 413 g/mol. The van der Waals surface area contributed by atoms with Gasteiger partial charge in [0.15, 0.2) is 0 Å². The number of methoxy groups -OCH3 is 1. The highest BCUT2D eigenvalue weighted by atomic mass is 32.2. The zero-order chi connectivity index (χ0) is 20.5. The third kappa shape index (κ3) is 6.53. The van der Waals surface area contributed by atoms with Crippen molar-refractivity contribution in [3.63, 3.8) is 0 Å². The Morgan fingerprint density at radius 2 is 1.83 bits per heavy atom. The molecule has 5 nitrogen and oxygen atoms in total. The van der Waals surface area contributed by atoms with Gasteiger partial charge in [0.25, 0.3) is 0 Å². The van der Waals surface area contributed by atoms with Gasteiger partial charge in [-0.15, -0.1) is 11.8 Å². The van der Waals surface area contributed by atoms with Crippen molar-refractivity contribution in [1.29, 1.82) is 0 Å². The Kier molecular flexibility index (Phi) is 7.99. The van der Waals surface area contributed by atoms with Gasteiger partial charge < -0.3 is 15.4 Å². The number of fused-ring (bicyclic) bond motifs is 1. The summed E-state index contributed by atoms with van der Waals surface area (Å²) in [5, 5.41) is 6.03. The van der Waals surface area contributed by atoms with E-state index in [1.165, 1.54) is 22.9 Å². The molecule has 0 saturated carbocycles. The maximum Gasteiger partial charge on any atom is 0.230 e. The smallest absolute Gasteiger partial charge is 0.230 e. The van der Waals surface area contributed by atoms with Crippen LogP contribution in [0.15, 0.2) is 48.5 Å². The van der Waals surface area contributed by atoms with Crippen LogP contribution < -0.4 is 15.4 Å². The van der Waals surface area contributed by atoms with Crippen LogP contribution >= 0.6 is 11.8 Å². The summed E-state index contributed by atoms with van der Waals surface area (Å²) >= 11 is 1.35. The molecule has 0 unspecified atom stereocenters. The fraction of sp³-hybridized carbons (Fsp3) is 0.391. The van der Waals surface area contributed by atoms with Crippen LogP contribution in [0, 0.1) is 0 Å². The fourth-order valence-corrected chi connectivity index (χ4v) is 4.22. The van der Waals surface area contributed by atoms with Gasteiger partial charge in [-0.3, -0.25) is 9.59 Å². The zero-order valence-corrected chi connectivity index (χ0v) is 17.6. The largest absolute Gasteiger partial charge is 0.497 e. The van der Waals surface area contributed by atoms with Gasteiger partial charge in [0.05, 0.1) is 24.7 Å². The van der Waals surface area contributed by atoms with Crippen LogP contribution in [-0.4, -0.2) is 37.0 Å². The molecular weight excluding hydrogens is 384 g/mol. The van der Waals surface area contributed by atoms with E-state index >= 15 is 0 Å². The van der Waals surface area contributed by atoms with E-state index in [0.29, 0.717) is 12.3 Å². The lowest BCUT2D eigenvalue weighted by molar-refractivity contribution is -0.119. The molecule has 2 aromatic rings. The number of hydrogen-bond acceptors (Lipinski definition) is 4. The fourth-order valence-electron chi connectivity index (χ4n) is 3.57. The molecule has 2 aromatic carbocycles. The first kappa shape index (κ1) is 21.2. The highest BCUT2D eigenvalue weighted by Gasteiger charge is 2.21. The lowest BCUT2D eigenvalue weighted by Crippen LogP contribution is -2.33. The van der Waals surface area contributed by atoms with Crippen molar-refractivity contribution in [3.05, 3.63) is 65.2 Å². The van der Waals surface area contributed by atoms with Gasteiger partial charge in [0.2, 0.25) is 11.8 Å².